The zero-order chi connectivity index (χ0) is 28.3. The van der Waals surface area contributed by atoms with Gasteiger partial charge in [-0.25, -0.2) is 4.98 Å². The van der Waals surface area contributed by atoms with Gasteiger partial charge in [0.1, 0.15) is 16.9 Å². The molecule has 2 bridgehead atoms. The van der Waals surface area contributed by atoms with Gasteiger partial charge < -0.3 is 19.9 Å². The van der Waals surface area contributed by atoms with E-state index in [9.17, 15) is 9.59 Å². The van der Waals surface area contributed by atoms with Gasteiger partial charge in [0, 0.05) is 32.2 Å². The van der Waals surface area contributed by atoms with Crippen molar-refractivity contribution in [2.24, 2.45) is 17.8 Å². The molecule has 0 saturated heterocycles. The molecule has 3 aromatic rings. The number of nitrogens with one attached hydrogen (secondary N) is 2. The Kier molecular flexibility index (Phi) is 8.40. The molecule has 0 radical (unpaired) electrons. The lowest BCUT2D eigenvalue weighted by Crippen LogP contribution is -2.51. The van der Waals surface area contributed by atoms with Crippen LogP contribution in [0.2, 0.25) is 0 Å². The Morgan fingerprint density at radius 2 is 1.93 bits per heavy atom. The Labute approximate surface area is 237 Å². The molecule has 0 spiro atoms. The van der Waals surface area contributed by atoms with E-state index in [2.05, 4.69) is 58.7 Å². The molecule has 2 N–H and O–H groups in total. The van der Waals surface area contributed by atoms with Crippen LogP contribution in [0, 0.1) is 17.8 Å². The van der Waals surface area contributed by atoms with Gasteiger partial charge in [0.2, 0.25) is 5.91 Å². The van der Waals surface area contributed by atoms with E-state index in [1.807, 2.05) is 32.0 Å². The minimum Gasteiger partial charge on any atom is -0.458 e. The first-order valence-electron chi connectivity index (χ1n) is 14.7. The number of benzene rings is 2. The van der Waals surface area contributed by atoms with Crippen molar-refractivity contribution in [2.75, 3.05) is 25.5 Å². The van der Waals surface area contributed by atoms with Gasteiger partial charge in [0.15, 0.2) is 0 Å². The topological polar surface area (TPSA) is 87.3 Å². The molecule has 1 amide bonds. The van der Waals surface area contributed by atoms with E-state index in [-0.39, 0.29) is 23.7 Å². The molecule has 0 aliphatic heterocycles. The predicted molar refractivity (Wildman–Crippen MR) is 160 cm³/mol. The maximum atomic E-state index is 12.9. The molecule has 212 valence electrons. The quantitative estimate of drug-likeness (QED) is 0.281. The molecular weight excluding hydrogens is 500 g/mol. The SMILES string of the molecule is CC(=O)Nc1cccc2[nH]c(CCCN(C)CC[C@@]3(OC(=O)C(C)C)C[C@@H]4CC[C@H]3C=C4c3ccccc3)nc12. The highest BCUT2D eigenvalue weighted by Crippen LogP contribution is 2.53. The zero-order valence-corrected chi connectivity index (χ0v) is 24.2. The number of aromatic nitrogens is 2. The number of rotatable bonds is 11. The Bertz CT molecular complexity index is 1380. The van der Waals surface area contributed by atoms with Crippen molar-refractivity contribution in [3.05, 3.63) is 66.0 Å². The molecule has 1 heterocycles. The second-order valence-corrected chi connectivity index (χ2v) is 11.9. The van der Waals surface area contributed by atoms with Crippen molar-refractivity contribution in [3.8, 4) is 0 Å². The first-order chi connectivity index (χ1) is 19.2. The zero-order valence-electron chi connectivity index (χ0n) is 24.2. The highest BCUT2D eigenvalue weighted by molar-refractivity contribution is 5.98. The summed E-state index contributed by atoms with van der Waals surface area (Å²) in [6, 6.07) is 16.4. The Balaban J connectivity index is 1.22. The summed E-state index contributed by atoms with van der Waals surface area (Å²) >= 11 is 0. The number of esters is 1. The average molecular weight is 543 g/mol. The van der Waals surface area contributed by atoms with Gasteiger partial charge in [0.25, 0.3) is 0 Å². The molecule has 6 rings (SSSR count). The second kappa shape index (κ2) is 12.0. The van der Waals surface area contributed by atoms with E-state index in [4.69, 9.17) is 9.72 Å². The average Bonchev–Trinajstić information content (AvgIpc) is 3.36. The highest BCUT2D eigenvalue weighted by atomic mass is 16.6. The van der Waals surface area contributed by atoms with Crippen molar-refractivity contribution < 1.29 is 14.3 Å². The largest absolute Gasteiger partial charge is 0.458 e. The van der Waals surface area contributed by atoms with Crippen molar-refractivity contribution in [1.82, 2.24) is 14.9 Å². The van der Waals surface area contributed by atoms with Crippen LogP contribution in [-0.2, 0) is 20.7 Å². The van der Waals surface area contributed by atoms with Crippen molar-refractivity contribution >= 4 is 34.2 Å². The Hall–Kier alpha value is -3.45. The number of aromatic amines is 1. The van der Waals surface area contributed by atoms with Crippen LogP contribution in [-0.4, -0.2) is 52.5 Å². The second-order valence-electron chi connectivity index (χ2n) is 11.9. The molecule has 7 nitrogen and oxygen atoms in total. The van der Waals surface area contributed by atoms with E-state index in [0.29, 0.717) is 5.92 Å². The van der Waals surface area contributed by atoms with Crippen LogP contribution in [0.5, 0.6) is 0 Å². The van der Waals surface area contributed by atoms with E-state index in [1.54, 1.807) is 0 Å². The minimum absolute atomic E-state index is 0.0895. The highest BCUT2D eigenvalue weighted by Gasteiger charge is 2.50. The van der Waals surface area contributed by atoms with Crippen molar-refractivity contribution in [1.29, 1.82) is 0 Å². The number of fused-ring (bicyclic) bond motifs is 3. The lowest BCUT2D eigenvalue weighted by molar-refractivity contribution is -0.176. The lowest BCUT2D eigenvalue weighted by Gasteiger charge is -2.50. The van der Waals surface area contributed by atoms with E-state index in [1.165, 1.54) is 18.1 Å². The fourth-order valence-corrected chi connectivity index (χ4v) is 6.40. The summed E-state index contributed by atoms with van der Waals surface area (Å²) in [4.78, 5) is 34.9. The molecule has 3 atom stereocenters. The molecule has 3 aliphatic carbocycles. The van der Waals surface area contributed by atoms with Crippen LogP contribution >= 0.6 is 0 Å². The summed E-state index contributed by atoms with van der Waals surface area (Å²) in [7, 11) is 2.15. The summed E-state index contributed by atoms with van der Waals surface area (Å²) in [5.74, 6) is 1.27. The molecule has 1 fully saturated rings. The molecule has 0 unspecified atom stereocenters. The normalized spacial score (nSPS) is 22.1. The number of hydrogen-bond acceptors (Lipinski definition) is 5. The van der Waals surface area contributed by atoms with Gasteiger partial charge in [-0.05, 0) is 68.5 Å². The smallest absolute Gasteiger partial charge is 0.308 e. The van der Waals surface area contributed by atoms with E-state index in [0.717, 1.165) is 74.2 Å². The van der Waals surface area contributed by atoms with E-state index >= 15 is 0 Å². The molecule has 3 aliphatic rings. The molecule has 1 aromatic heterocycles. The van der Waals surface area contributed by atoms with Crippen LogP contribution in [0.15, 0.2) is 54.6 Å². The van der Waals surface area contributed by atoms with Crippen molar-refractivity contribution in [3.63, 3.8) is 0 Å². The third kappa shape index (κ3) is 6.15. The first-order valence-corrected chi connectivity index (χ1v) is 14.7. The van der Waals surface area contributed by atoms with Crippen LogP contribution in [0.1, 0.15) is 64.3 Å². The molecular formula is C33H42N4O3. The summed E-state index contributed by atoms with van der Waals surface area (Å²) in [6.45, 7) is 7.14. The number of ether oxygens (including phenoxy) is 1. The van der Waals surface area contributed by atoms with Crippen LogP contribution in [0.25, 0.3) is 16.6 Å². The fraction of sp³-hybridized carbons (Fsp3) is 0.485. The maximum absolute atomic E-state index is 12.9. The number of para-hydroxylation sites is 1. The number of allylic oxidation sites excluding steroid dienone is 1. The summed E-state index contributed by atoms with van der Waals surface area (Å²) in [5, 5.41) is 2.86. The number of amides is 1. The Morgan fingerprint density at radius 1 is 1.12 bits per heavy atom. The van der Waals surface area contributed by atoms with Crippen LogP contribution in [0.4, 0.5) is 5.69 Å². The number of hydrogen-bond donors (Lipinski definition) is 2. The molecule has 1 saturated carbocycles. The molecule has 2 aromatic carbocycles. The summed E-state index contributed by atoms with van der Waals surface area (Å²) < 4.78 is 6.40. The monoisotopic (exact) mass is 542 g/mol. The minimum atomic E-state index is -0.435. The van der Waals surface area contributed by atoms with E-state index < -0.39 is 5.60 Å². The van der Waals surface area contributed by atoms with Gasteiger partial charge in [-0.2, -0.15) is 0 Å². The van der Waals surface area contributed by atoms with Crippen LogP contribution in [0.3, 0.4) is 0 Å². The number of carbonyl (C=O) groups is 2. The third-order valence-corrected chi connectivity index (χ3v) is 8.54. The van der Waals surface area contributed by atoms with Crippen molar-refractivity contribution in [2.45, 2.75) is 64.9 Å². The molecule has 40 heavy (non-hydrogen) atoms. The van der Waals surface area contributed by atoms with Crippen LogP contribution < -0.4 is 5.32 Å². The number of H-pyrrole nitrogens is 1. The van der Waals surface area contributed by atoms with Gasteiger partial charge in [-0.1, -0.05) is 56.3 Å². The maximum Gasteiger partial charge on any atom is 0.308 e. The fourth-order valence-electron chi connectivity index (χ4n) is 6.40. The predicted octanol–water partition coefficient (Wildman–Crippen LogP) is 6.23. The van der Waals surface area contributed by atoms with Gasteiger partial charge in [0.05, 0.1) is 17.1 Å². The number of carbonyl (C=O) groups excluding carboxylic acids is 2. The number of aryl methyl sites for hydroxylation is 1. The van der Waals surface area contributed by atoms with Gasteiger partial charge in [-0.15, -0.1) is 0 Å². The van der Waals surface area contributed by atoms with Gasteiger partial charge in [-0.3, -0.25) is 9.59 Å². The number of nitrogens with zero attached hydrogens (tertiary/aromatic N) is 2. The lowest BCUT2D eigenvalue weighted by atomic mass is 9.60. The summed E-state index contributed by atoms with van der Waals surface area (Å²) in [6.07, 6.45) is 8.16. The third-order valence-electron chi connectivity index (χ3n) is 8.54. The summed E-state index contributed by atoms with van der Waals surface area (Å²) in [5.41, 5.74) is 4.75. The Morgan fingerprint density at radius 3 is 2.62 bits per heavy atom. The van der Waals surface area contributed by atoms with Gasteiger partial charge >= 0.3 is 5.97 Å². The number of imidazole rings is 1. The molecule has 7 heteroatoms. The standard InChI is InChI=1S/C33H42N4O3/c1-22(2)32(39)40-33(21-25-15-16-26(33)20-27(25)24-10-6-5-7-11-24)17-19-37(4)18-9-14-30-35-29-13-8-12-28(31(29)36-30)34-23(3)38/h5-8,10-13,20,22,25-26H,9,14-19,21H2,1-4H3,(H,34,38)(H,35,36)/t25-,26-,33+/m0/s1. The first kappa shape index (κ1) is 28.1. The number of anilines is 1.